The van der Waals surface area contributed by atoms with Crippen molar-refractivity contribution in [1.82, 2.24) is 5.32 Å². The summed E-state index contributed by atoms with van der Waals surface area (Å²) in [7, 11) is 0. The molecule has 1 aliphatic heterocycles. The molecule has 1 rings (SSSR count). The summed E-state index contributed by atoms with van der Waals surface area (Å²) in [5, 5.41) is 13.4. The minimum absolute atomic E-state index is 0.275. The lowest BCUT2D eigenvalue weighted by Crippen LogP contribution is -2.57. The van der Waals surface area contributed by atoms with Gasteiger partial charge in [0.25, 0.3) is 0 Å². The third-order valence-corrected chi connectivity index (χ3v) is 3.96. The second-order valence-electron chi connectivity index (χ2n) is 5.14. The molecule has 0 aromatic heterocycles. The van der Waals surface area contributed by atoms with Crippen molar-refractivity contribution in [2.45, 2.75) is 65.3 Å². The Morgan fingerprint density at radius 1 is 1.33 bits per heavy atom. The summed E-state index contributed by atoms with van der Waals surface area (Å²) in [6.45, 7) is 7.14. The highest BCUT2D eigenvalue weighted by Crippen LogP contribution is 2.24. The summed E-state index contributed by atoms with van der Waals surface area (Å²) < 4.78 is 0.624. The second kappa shape index (κ2) is 7.59. The molecule has 0 bridgehead atoms. The first-order valence-corrected chi connectivity index (χ1v) is 7.31. The van der Waals surface area contributed by atoms with Gasteiger partial charge in [0.15, 0.2) is 12.4 Å². The van der Waals surface area contributed by atoms with Crippen molar-refractivity contribution < 1.29 is 9.59 Å². The highest BCUT2D eigenvalue weighted by atomic mass is 16.3. The largest absolute Gasteiger partial charge is 0.345 e. The molecular weight excluding hydrogens is 224 g/mol. The third-order valence-electron chi connectivity index (χ3n) is 3.96. The zero-order chi connectivity index (χ0) is 13.4. The van der Waals surface area contributed by atoms with E-state index < -0.39 is 0 Å². The molecule has 3 unspecified atom stereocenters. The fourth-order valence-corrected chi connectivity index (χ4v) is 2.63. The standard InChI is InChI=1S/C15H29N2O/c1-4-6-7-8-9-10-11-15-16-12-13-17(15,5-2)14(3)18/h9-10,12-16,18H,4-8,11H2,1-3H3/q+1/b10-9+. The fourth-order valence-electron chi connectivity index (χ4n) is 2.63. The van der Waals surface area contributed by atoms with Crippen LogP contribution < -0.4 is 5.32 Å². The van der Waals surface area contributed by atoms with Gasteiger partial charge in [0.2, 0.25) is 0 Å². The van der Waals surface area contributed by atoms with Crippen LogP contribution >= 0.6 is 0 Å². The van der Waals surface area contributed by atoms with E-state index >= 15 is 0 Å². The maximum absolute atomic E-state index is 10.0. The minimum Gasteiger partial charge on any atom is -0.345 e. The zero-order valence-electron chi connectivity index (χ0n) is 12.1. The van der Waals surface area contributed by atoms with Gasteiger partial charge in [0, 0.05) is 13.3 Å². The molecule has 18 heavy (non-hydrogen) atoms. The maximum atomic E-state index is 10.0. The lowest BCUT2D eigenvalue weighted by Gasteiger charge is -2.38. The van der Waals surface area contributed by atoms with Crippen molar-refractivity contribution in [3.05, 3.63) is 24.6 Å². The van der Waals surface area contributed by atoms with E-state index in [-0.39, 0.29) is 12.4 Å². The van der Waals surface area contributed by atoms with E-state index in [2.05, 4.69) is 37.5 Å². The Balaban J connectivity index is 2.42. The Morgan fingerprint density at radius 2 is 2.11 bits per heavy atom. The van der Waals surface area contributed by atoms with Crippen molar-refractivity contribution in [2.75, 3.05) is 6.54 Å². The van der Waals surface area contributed by atoms with Crippen LogP contribution in [0.4, 0.5) is 0 Å². The molecule has 2 N–H and O–H groups in total. The molecule has 3 atom stereocenters. The van der Waals surface area contributed by atoms with Crippen LogP contribution in [0.15, 0.2) is 24.6 Å². The van der Waals surface area contributed by atoms with Crippen LogP contribution in [0, 0.1) is 0 Å². The lowest BCUT2D eigenvalue weighted by atomic mass is 10.1. The summed E-state index contributed by atoms with van der Waals surface area (Å²) >= 11 is 0. The van der Waals surface area contributed by atoms with Gasteiger partial charge in [-0.3, -0.25) is 4.48 Å². The molecule has 3 nitrogen and oxygen atoms in total. The van der Waals surface area contributed by atoms with Crippen LogP contribution in [-0.2, 0) is 0 Å². The second-order valence-corrected chi connectivity index (χ2v) is 5.14. The molecule has 0 aromatic rings. The van der Waals surface area contributed by atoms with Gasteiger partial charge in [-0.1, -0.05) is 31.9 Å². The first kappa shape index (κ1) is 15.3. The van der Waals surface area contributed by atoms with Gasteiger partial charge in [0.1, 0.15) is 6.20 Å². The first-order chi connectivity index (χ1) is 8.67. The van der Waals surface area contributed by atoms with Crippen molar-refractivity contribution in [3.8, 4) is 0 Å². The Morgan fingerprint density at radius 3 is 2.72 bits per heavy atom. The van der Waals surface area contributed by atoms with Crippen molar-refractivity contribution in [1.29, 1.82) is 0 Å². The number of hydrogen-bond acceptors (Lipinski definition) is 2. The Kier molecular flexibility index (Phi) is 6.44. The first-order valence-electron chi connectivity index (χ1n) is 7.31. The summed E-state index contributed by atoms with van der Waals surface area (Å²) in [5.41, 5.74) is 0. The molecule has 0 amide bonds. The SMILES string of the molecule is CCCCC/C=C/CC1NC=C[N+]1(CC)C(C)O. The molecule has 0 radical (unpaired) electrons. The predicted octanol–water partition coefficient (Wildman–Crippen LogP) is 3.09. The summed E-state index contributed by atoms with van der Waals surface area (Å²) in [5.74, 6) is 0. The van der Waals surface area contributed by atoms with Crippen LogP contribution in [0.1, 0.15) is 52.9 Å². The third kappa shape index (κ3) is 3.59. The van der Waals surface area contributed by atoms with Gasteiger partial charge in [0.05, 0.1) is 12.7 Å². The molecule has 0 aliphatic carbocycles. The number of aliphatic hydroxyl groups excluding tert-OH is 1. The highest BCUT2D eigenvalue weighted by Gasteiger charge is 2.40. The number of rotatable bonds is 8. The smallest absolute Gasteiger partial charge is 0.193 e. The molecule has 0 saturated carbocycles. The number of allylic oxidation sites excluding steroid dienone is 1. The minimum atomic E-state index is -0.361. The average Bonchev–Trinajstić information content (AvgIpc) is 2.77. The quantitative estimate of drug-likeness (QED) is 0.396. The van der Waals surface area contributed by atoms with Crippen LogP contribution in [0.25, 0.3) is 0 Å². The van der Waals surface area contributed by atoms with Crippen LogP contribution in [0.5, 0.6) is 0 Å². The van der Waals surface area contributed by atoms with Gasteiger partial charge < -0.3 is 10.4 Å². The number of quaternary nitrogens is 1. The number of hydrogen-bond donors (Lipinski definition) is 2. The Hall–Kier alpha value is -0.800. The Labute approximate surface area is 112 Å². The van der Waals surface area contributed by atoms with Gasteiger partial charge in [-0.2, -0.15) is 0 Å². The molecule has 1 heterocycles. The van der Waals surface area contributed by atoms with E-state index in [0.29, 0.717) is 4.48 Å². The van der Waals surface area contributed by atoms with E-state index in [9.17, 15) is 5.11 Å². The van der Waals surface area contributed by atoms with E-state index in [1.807, 2.05) is 13.1 Å². The number of nitrogens with one attached hydrogen (secondary N) is 1. The maximum Gasteiger partial charge on any atom is 0.193 e. The molecule has 3 heteroatoms. The normalized spacial score (nSPS) is 28.8. The van der Waals surface area contributed by atoms with Crippen molar-refractivity contribution in [2.24, 2.45) is 0 Å². The summed E-state index contributed by atoms with van der Waals surface area (Å²) in [6, 6.07) is 0. The van der Waals surface area contributed by atoms with E-state index in [1.165, 1.54) is 25.7 Å². The van der Waals surface area contributed by atoms with E-state index in [0.717, 1.165) is 13.0 Å². The Bertz CT molecular complexity index is 286. The fraction of sp³-hybridized carbons (Fsp3) is 0.733. The van der Waals surface area contributed by atoms with Gasteiger partial charge in [-0.15, -0.1) is 0 Å². The predicted molar refractivity (Wildman–Crippen MR) is 76.4 cm³/mol. The zero-order valence-corrected chi connectivity index (χ0v) is 12.1. The molecule has 0 spiro atoms. The topological polar surface area (TPSA) is 32.3 Å². The molecule has 104 valence electrons. The molecule has 1 aliphatic rings. The molecule has 0 saturated heterocycles. The van der Waals surface area contributed by atoms with Crippen LogP contribution in [0.3, 0.4) is 0 Å². The van der Waals surface area contributed by atoms with E-state index in [1.54, 1.807) is 0 Å². The molecule has 0 fully saturated rings. The highest BCUT2D eigenvalue weighted by molar-refractivity contribution is 4.91. The summed E-state index contributed by atoms with van der Waals surface area (Å²) in [6.07, 6.45) is 14.5. The lowest BCUT2D eigenvalue weighted by molar-refractivity contribution is -0.941. The van der Waals surface area contributed by atoms with Gasteiger partial charge in [-0.25, -0.2) is 0 Å². The van der Waals surface area contributed by atoms with Gasteiger partial charge >= 0.3 is 0 Å². The van der Waals surface area contributed by atoms with E-state index in [4.69, 9.17) is 0 Å². The van der Waals surface area contributed by atoms with Crippen LogP contribution in [-0.4, -0.2) is 28.5 Å². The average molecular weight is 253 g/mol. The number of nitrogens with zero attached hydrogens (tertiary/aromatic N) is 1. The van der Waals surface area contributed by atoms with Crippen molar-refractivity contribution in [3.63, 3.8) is 0 Å². The number of aliphatic hydroxyl groups is 1. The number of unbranched alkanes of at least 4 members (excludes halogenated alkanes) is 3. The van der Waals surface area contributed by atoms with Gasteiger partial charge in [-0.05, 0) is 19.8 Å². The van der Waals surface area contributed by atoms with Crippen LogP contribution in [0.2, 0.25) is 0 Å². The molecular formula is C15H29N2O+. The summed E-state index contributed by atoms with van der Waals surface area (Å²) in [4.78, 5) is 0. The monoisotopic (exact) mass is 253 g/mol. The molecule has 0 aromatic carbocycles. The van der Waals surface area contributed by atoms with Crippen molar-refractivity contribution >= 4 is 0 Å².